The largest absolute Gasteiger partial charge is 0.444 e. The van der Waals surface area contributed by atoms with Crippen LogP contribution in [-0.2, 0) is 4.74 Å². The van der Waals surface area contributed by atoms with Gasteiger partial charge in [-0.1, -0.05) is 30.3 Å². The second-order valence-corrected chi connectivity index (χ2v) is 9.60. The number of hydrogen-bond donors (Lipinski definition) is 1. The SMILES string of the molecule is CC(C)(C)OC(=O)N1CCC[C@H](Nc2ncc(C#N)c3sc(-c4ccccc4)nc23)C1. The molecule has 2 aromatic heterocycles. The fourth-order valence-electron chi connectivity index (χ4n) is 3.58. The number of piperidine rings is 1. The van der Waals surface area contributed by atoms with Crippen LogP contribution >= 0.6 is 11.3 Å². The molecule has 1 N–H and O–H groups in total. The van der Waals surface area contributed by atoms with E-state index < -0.39 is 5.60 Å². The molecule has 1 aliphatic heterocycles. The summed E-state index contributed by atoms with van der Waals surface area (Å²) in [5, 5.41) is 13.8. The summed E-state index contributed by atoms with van der Waals surface area (Å²) in [7, 11) is 0. The van der Waals surface area contributed by atoms with Crippen LogP contribution < -0.4 is 5.32 Å². The molecule has 160 valence electrons. The van der Waals surface area contributed by atoms with Crippen molar-refractivity contribution in [3.8, 4) is 16.6 Å². The summed E-state index contributed by atoms with van der Waals surface area (Å²) in [5.41, 5.74) is 1.69. The standard InChI is InChI=1S/C23H25N5O2S/c1-23(2,3)30-22(29)28-11-7-10-17(14-28)26-20-18-19(16(12-24)13-25-20)31-21(27-18)15-8-5-4-6-9-15/h4-6,8-9,13,17H,7,10-11,14H2,1-3H3,(H,25,26)/t17-/m0/s1. The third-order valence-corrected chi connectivity index (χ3v) is 6.11. The van der Waals surface area contributed by atoms with E-state index in [0.29, 0.717) is 30.0 Å². The Kier molecular flexibility index (Phi) is 5.79. The number of rotatable bonds is 3. The Morgan fingerprint density at radius 2 is 2.10 bits per heavy atom. The van der Waals surface area contributed by atoms with Crippen molar-refractivity contribution in [1.29, 1.82) is 5.26 Å². The van der Waals surface area contributed by atoms with E-state index in [2.05, 4.69) is 16.4 Å². The normalized spacial score (nSPS) is 16.7. The van der Waals surface area contributed by atoms with Crippen molar-refractivity contribution in [3.05, 3.63) is 42.1 Å². The summed E-state index contributed by atoms with van der Waals surface area (Å²) < 4.78 is 6.34. The molecule has 1 fully saturated rings. The van der Waals surface area contributed by atoms with E-state index >= 15 is 0 Å². The lowest BCUT2D eigenvalue weighted by molar-refractivity contribution is 0.0206. The van der Waals surface area contributed by atoms with Crippen LogP contribution in [0.4, 0.5) is 10.6 Å². The fourth-order valence-corrected chi connectivity index (χ4v) is 4.61. The van der Waals surface area contributed by atoms with Gasteiger partial charge in [-0.05, 0) is 33.6 Å². The third kappa shape index (κ3) is 4.78. The minimum absolute atomic E-state index is 0.0341. The Labute approximate surface area is 185 Å². The highest BCUT2D eigenvalue weighted by molar-refractivity contribution is 7.22. The maximum Gasteiger partial charge on any atom is 0.410 e. The molecule has 7 nitrogen and oxygen atoms in total. The van der Waals surface area contributed by atoms with Gasteiger partial charge in [0.15, 0.2) is 5.82 Å². The zero-order chi connectivity index (χ0) is 22.0. The van der Waals surface area contributed by atoms with Crippen LogP contribution in [-0.4, -0.2) is 45.7 Å². The first-order valence-electron chi connectivity index (χ1n) is 10.3. The molecule has 3 aromatic rings. The monoisotopic (exact) mass is 435 g/mol. The minimum atomic E-state index is -0.521. The van der Waals surface area contributed by atoms with E-state index in [0.717, 1.165) is 28.1 Å². The second-order valence-electron chi connectivity index (χ2n) is 8.60. The predicted octanol–water partition coefficient (Wildman–Crippen LogP) is 5.04. The van der Waals surface area contributed by atoms with Gasteiger partial charge < -0.3 is 15.0 Å². The molecule has 4 rings (SSSR count). The van der Waals surface area contributed by atoms with E-state index in [1.165, 1.54) is 11.3 Å². The highest BCUT2D eigenvalue weighted by Gasteiger charge is 2.28. The van der Waals surface area contributed by atoms with Crippen LogP contribution in [0, 0.1) is 11.3 Å². The number of nitriles is 1. The van der Waals surface area contributed by atoms with Crippen molar-refractivity contribution in [1.82, 2.24) is 14.9 Å². The number of hydrogen-bond acceptors (Lipinski definition) is 7. The van der Waals surface area contributed by atoms with E-state index in [-0.39, 0.29) is 12.1 Å². The van der Waals surface area contributed by atoms with Crippen molar-refractivity contribution in [3.63, 3.8) is 0 Å². The molecule has 3 heterocycles. The molecule has 0 unspecified atom stereocenters. The van der Waals surface area contributed by atoms with E-state index in [9.17, 15) is 10.1 Å². The molecular formula is C23H25N5O2S. The average Bonchev–Trinajstić information content (AvgIpc) is 3.20. The number of nitrogens with zero attached hydrogens (tertiary/aromatic N) is 4. The summed E-state index contributed by atoms with van der Waals surface area (Å²) >= 11 is 1.49. The summed E-state index contributed by atoms with van der Waals surface area (Å²) in [4.78, 5) is 23.5. The van der Waals surface area contributed by atoms with E-state index in [1.807, 2.05) is 51.1 Å². The zero-order valence-corrected chi connectivity index (χ0v) is 18.7. The topological polar surface area (TPSA) is 91.1 Å². The highest BCUT2D eigenvalue weighted by Crippen LogP contribution is 2.35. The number of amides is 1. The number of benzene rings is 1. The molecule has 0 saturated carbocycles. The molecule has 8 heteroatoms. The van der Waals surface area contributed by atoms with Gasteiger partial charge in [-0.3, -0.25) is 0 Å². The molecule has 1 aromatic carbocycles. The second kappa shape index (κ2) is 8.52. The van der Waals surface area contributed by atoms with E-state index in [1.54, 1.807) is 11.1 Å². The van der Waals surface area contributed by atoms with Gasteiger partial charge in [-0.25, -0.2) is 14.8 Å². The van der Waals surface area contributed by atoms with Gasteiger partial charge in [-0.2, -0.15) is 5.26 Å². The number of ether oxygens (including phenoxy) is 1. The number of nitrogens with one attached hydrogen (secondary N) is 1. The van der Waals surface area contributed by atoms with Gasteiger partial charge in [0, 0.05) is 30.9 Å². The van der Waals surface area contributed by atoms with Crippen LogP contribution in [0.5, 0.6) is 0 Å². The predicted molar refractivity (Wildman–Crippen MR) is 122 cm³/mol. The molecule has 1 amide bonds. The Morgan fingerprint density at radius 1 is 1.32 bits per heavy atom. The number of carbonyl (C=O) groups excluding carboxylic acids is 1. The molecular weight excluding hydrogens is 410 g/mol. The van der Waals surface area contributed by atoms with Gasteiger partial charge in [0.25, 0.3) is 0 Å². The van der Waals surface area contributed by atoms with Gasteiger partial charge in [0.05, 0.1) is 10.3 Å². The van der Waals surface area contributed by atoms with Crippen LogP contribution in [0.15, 0.2) is 36.5 Å². The molecule has 1 aliphatic rings. The fraction of sp³-hybridized carbons (Fsp3) is 0.391. The van der Waals surface area contributed by atoms with Crippen molar-refractivity contribution in [2.45, 2.75) is 45.3 Å². The van der Waals surface area contributed by atoms with Crippen molar-refractivity contribution >= 4 is 33.5 Å². The number of thiazole rings is 1. The maximum atomic E-state index is 12.5. The molecule has 0 spiro atoms. The Morgan fingerprint density at radius 3 is 2.81 bits per heavy atom. The Hall–Kier alpha value is -3.18. The third-order valence-electron chi connectivity index (χ3n) is 4.97. The summed E-state index contributed by atoms with van der Waals surface area (Å²) in [5.74, 6) is 0.642. The van der Waals surface area contributed by atoms with Crippen molar-refractivity contribution < 1.29 is 9.53 Å². The number of anilines is 1. The maximum absolute atomic E-state index is 12.5. The minimum Gasteiger partial charge on any atom is -0.444 e. The molecule has 0 aliphatic carbocycles. The molecule has 31 heavy (non-hydrogen) atoms. The van der Waals surface area contributed by atoms with E-state index in [4.69, 9.17) is 9.72 Å². The number of likely N-dealkylation sites (tertiary alicyclic amines) is 1. The quantitative estimate of drug-likeness (QED) is 0.620. The molecule has 0 radical (unpaired) electrons. The first kappa shape index (κ1) is 21.1. The number of carbonyl (C=O) groups is 1. The summed E-state index contributed by atoms with van der Waals surface area (Å²) in [6.07, 6.45) is 3.09. The van der Waals surface area contributed by atoms with Gasteiger partial charge >= 0.3 is 6.09 Å². The smallest absolute Gasteiger partial charge is 0.410 e. The van der Waals surface area contributed by atoms with Gasteiger partial charge in [0.2, 0.25) is 0 Å². The highest BCUT2D eigenvalue weighted by atomic mass is 32.1. The lowest BCUT2D eigenvalue weighted by Crippen LogP contribution is -2.47. The molecule has 1 atom stereocenters. The van der Waals surface area contributed by atoms with Gasteiger partial charge in [0.1, 0.15) is 22.2 Å². The lowest BCUT2D eigenvalue weighted by Gasteiger charge is -2.34. The van der Waals surface area contributed by atoms with Crippen LogP contribution in [0.2, 0.25) is 0 Å². The summed E-state index contributed by atoms with van der Waals surface area (Å²) in [6.45, 7) is 6.82. The van der Waals surface area contributed by atoms with Crippen LogP contribution in [0.25, 0.3) is 20.8 Å². The first-order valence-corrected chi connectivity index (χ1v) is 11.2. The number of fused-ring (bicyclic) bond motifs is 1. The molecule has 1 saturated heterocycles. The van der Waals surface area contributed by atoms with Crippen molar-refractivity contribution in [2.75, 3.05) is 18.4 Å². The lowest BCUT2D eigenvalue weighted by atomic mass is 10.1. The Balaban J connectivity index is 1.59. The first-order chi connectivity index (χ1) is 14.8. The summed E-state index contributed by atoms with van der Waals surface area (Å²) in [6, 6.07) is 12.2. The zero-order valence-electron chi connectivity index (χ0n) is 17.9. The number of pyridine rings is 1. The number of aromatic nitrogens is 2. The Bertz CT molecular complexity index is 1130. The molecule has 0 bridgehead atoms. The van der Waals surface area contributed by atoms with Crippen molar-refractivity contribution in [2.24, 2.45) is 0 Å². The van der Waals surface area contributed by atoms with Crippen LogP contribution in [0.1, 0.15) is 39.2 Å². The van der Waals surface area contributed by atoms with Gasteiger partial charge in [-0.15, -0.1) is 11.3 Å². The van der Waals surface area contributed by atoms with Crippen LogP contribution in [0.3, 0.4) is 0 Å². The average molecular weight is 436 g/mol.